The van der Waals surface area contributed by atoms with Gasteiger partial charge >= 0.3 is 0 Å². The van der Waals surface area contributed by atoms with E-state index < -0.39 is 10.9 Å². The zero-order valence-electron chi connectivity index (χ0n) is 12.8. The third-order valence-electron chi connectivity index (χ3n) is 3.58. The lowest BCUT2D eigenvalue weighted by Gasteiger charge is -2.21. The molecule has 0 saturated carbocycles. The van der Waals surface area contributed by atoms with Gasteiger partial charge < -0.3 is 13.7 Å². The molecular formula is C17H16N2O4S. The summed E-state index contributed by atoms with van der Waals surface area (Å²) in [4.78, 5) is 12.6. The predicted molar refractivity (Wildman–Crippen MR) is 95.2 cm³/mol. The van der Waals surface area contributed by atoms with Crippen molar-refractivity contribution in [1.82, 2.24) is 0 Å². The first kappa shape index (κ1) is 16.4. The number of carbonyl (C=O) groups excluding carboxylic acids is 1. The van der Waals surface area contributed by atoms with Gasteiger partial charge in [0.1, 0.15) is 10.9 Å². The molecule has 0 spiro atoms. The molecule has 1 aliphatic rings. The summed E-state index contributed by atoms with van der Waals surface area (Å²) in [5, 5.41) is 5.55. The van der Waals surface area contributed by atoms with Crippen molar-refractivity contribution in [2.45, 2.75) is 11.8 Å². The quantitative estimate of drug-likeness (QED) is 0.732. The van der Waals surface area contributed by atoms with E-state index in [1.807, 2.05) is 18.2 Å². The zero-order chi connectivity index (χ0) is 17.3. The van der Waals surface area contributed by atoms with Crippen LogP contribution in [0.4, 0.5) is 5.69 Å². The molecule has 0 bridgehead atoms. The second-order valence-electron chi connectivity index (χ2n) is 5.25. The number of rotatable bonds is 3. The van der Waals surface area contributed by atoms with E-state index in [9.17, 15) is 18.5 Å². The molecule has 1 amide bonds. The van der Waals surface area contributed by atoms with E-state index in [0.29, 0.717) is 22.5 Å². The van der Waals surface area contributed by atoms with Crippen LogP contribution >= 0.6 is 10.9 Å². The van der Waals surface area contributed by atoms with Crippen molar-refractivity contribution in [2.75, 3.05) is 5.01 Å². The zero-order valence-corrected chi connectivity index (χ0v) is 13.6. The number of anilines is 1. The van der Waals surface area contributed by atoms with Crippen molar-refractivity contribution in [3.63, 3.8) is 0 Å². The van der Waals surface area contributed by atoms with Crippen molar-refractivity contribution in [2.24, 2.45) is 5.10 Å². The number of nitrogens with zero attached hydrogens (tertiary/aromatic N) is 2. The van der Waals surface area contributed by atoms with Crippen molar-refractivity contribution in [3.8, 4) is 0 Å². The lowest BCUT2D eigenvalue weighted by molar-refractivity contribution is -0.114. The van der Waals surface area contributed by atoms with Gasteiger partial charge in [0.05, 0.1) is 21.9 Å². The van der Waals surface area contributed by atoms with Crippen LogP contribution in [0, 0.1) is 0 Å². The molecule has 0 aromatic heterocycles. The molecule has 6 nitrogen and oxygen atoms in total. The fourth-order valence-electron chi connectivity index (χ4n) is 2.43. The van der Waals surface area contributed by atoms with E-state index in [-0.39, 0.29) is 10.8 Å². The normalized spacial score (nSPS) is 17.3. The SMILES string of the molecule is CC1=NN(c2ccccc2)C(=O)/C1=C\c1ccccc1S(O)(O)O. The minimum Gasteiger partial charge on any atom is -0.304 e. The third kappa shape index (κ3) is 3.10. The molecule has 3 N–H and O–H groups in total. The predicted octanol–water partition coefficient (Wildman–Crippen LogP) is 4.08. The van der Waals surface area contributed by atoms with Crippen LogP contribution in [0.1, 0.15) is 12.5 Å². The van der Waals surface area contributed by atoms with Gasteiger partial charge in [-0.3, -0.25) is 4.79 Å². The summed E-state index contributed by atoms with van der Waals surface area (Å²) in [6, 6.07) is 15.3. The van der Waals surface area contributed by atoms with E-state index in [1.54, 1.807) is 37.3 Å². The van der Waals surface area contributed by atoms with Gasteiger partial charge in [0.15, 0.2) is 0 Å². The monoisotopic (exact) mass is 344 g/mol. The average Bonchev–Trinajstić information content (AvgIpc) is 2.83. The van der Waals surface area contributed by atoms with Crippen molar-refractivity contribution < 1.29 is 18.5 Å². The summed E-state index contributed by atoms with van der Waals surface area (Å²) in [7, 11) is -3.89. The van der Waals surface area contributed by atoms with Gasteiger partial charge in [-0.15, -0.1) is 0 Å². The Morgan fingerprint density at radius 3 is 2.29 bits per heavy atom. The fourth-order valence-corrected chi connectivity index (χ4v) is 3.14. The lowest BCUT2D eigenvalue weighted by Crippen LogP contribution is -2.21. The number of hydrogen-bond donors (Lipinski definition) is 3. The molecule has 0 saturated heterocycles. The topological polar surface area (TPSA) is 93.4 Å². The van der Waals surface area contributed by atoms with E-state index in [0.717, 1.165) is 0 Å². The number of carbonyl (C=O) groups is 1. The standard InChI is InChI=1S/C17H16N2O4S/c1-12-15(11-13-7-5-6-10-16(13)24(21,22)23)17(20)19(18-12)14-8-3-2-4-9-14/h2-11,21-23H,1H3/b15-11-. The summed E-state index contributed by atoms with van der Waals surface area (Å²) >= 11 is 0. The first-order valence-electron chi connectivity index (χ1n) is 7.14. The number of amides is 1. The molecule has 0 atom stereocenters. The highest BCUT2D eigenvalue weighted by atomic mass is 32.3. The van der Waals surface area contributed by atoms with Crippen molar-refractivity contribution in [1.29, 1.82) is 0 Å². The Hall–Kier alpha value is -2.45. The number of hydrazone groups is 1. The van der Waals surface area contributed by atoms with E-state index >= 15 is 0 Å². The fraction of sp³-hybridized carbons (Fsp3) is 0.0588. The van der Waals surface area contributed by atoms with Crippen LogP contribution in [-0.2, 0) is 4.79 Å². The van der Waals surface area contributed by atoms with Crippen LogP contribution in [0.2, 0.25) is 0 Å². The second kappa shape index (κ2) is 6.21. The molecular weight excluding hydrogens is 328 g/mol. The molecule has 24 heavy (non-hydrogen) atoms. The maximum absolute atomic E-state index is 12.6. The molecule has 2 aromatic carbocycles. The minimum atomic E-state index is -3.89. The number of benzene rings is 2. The van der Waals surface area contributed by atoms with Gasteiger partial charge in [-0.2, -0.15) is 10.1 Å². The molecule has 124 valence electrons. The summed E-state index contributed by atoms with van der Waals surface area (Å²) in [5.74, 6) is -0.317. The maximum atomic E-state index is 12.6. The molecule has 0 fully saturated rings. The van der Waals surface area contributed by atoms with Crippen molar-refractivity contribution >= 4 is 34.3 Å². The molecule has 1 aliphatic heterocycles. The Labute approximate surface area is 140 Å². The molecule has 0 unspecified atom stereocenters. The first-order valence-corrected chi connectivity index (χ1v) is 8.65. The molecule has 2 aromatic rings. The molecule has 7 heteroatoms. The van der Waals surface area contributed by atoms with Gasteiger partial charge in [0.25, 0.3) is 5.91 Å². The van der Waals surface area contributed by atoms with E-state index in [1.165, 1.54) is 17.2 Å². The Balaban J connectivity index is 2.02. The minimum absolute atomic E-state index is 0.0312. The smallest absolute Gasteiger partial charge is 0.280 e. The second-order valence-corrected chi connectivity index (χ2v) is 6.73. The van der Waals surface area contributed by atoms with Crippen LogP contribution in [0.5, 0.6) is 0 Å². The summed E-state index contributed by atoms with van der Waals surface area (Å²) in [6.07, 6.45) is 1.50. The van der Waals surface area contributed by atoms with Gasteiger partial charge in [-0.05, 0) is 36.8 Å². The molecule has 0 aliphatic carbocycles. The summed E-state index contributed by atoms with van der Waals surface area (Å²) < 4.78 is 28.6. The highest BCUT2D eigenvalue weighted by molar-refractivity contribution is 8.19. The van der Waals surface area contributed by atoms with E-state index in [2.05, 4.69) is 5.10 Å². The van der Waals surface area contributed by atoms with Crippen molar-refractivity contribution in [3.05, 3.63) is 65.7 Å². The van der Waals surface area contributed by atoms with Crippen LogP contribution < -0.4 is 5.01 Å². The maximum Gasteiger partial charge on any atom is 0.280 e. The third-order valence-corrected chi connectivity index (χ3v) is 4.54. The first-order chi connectivity index (χ1) is 11.4. The average molecular weight is 344 g/mol. The van der Waals surface area contributed by atoms with E-state index in [4.69, 9.17) is 0 Å². The van der Waals surface area contributed by atoms with Gasteiger partial charge in [-0.25, -0.2) is 0 Å². The van der Waals surface area contributed by atoms with Crippen LogP contribution in [0.15, 0.2) is 70.2 Å². The Morgan fingerprint density at radius 2 is 1.62 bits per heavy atom. The Bertz CT molecular complexity index is 841. The van der Waals surface area contributed by atoms with Crippen LogP contribution in [0.3, 0.4) is 0 Å². The van der Waals surface area contributed by atoms with Gasteiger partial charge in [-0.1, -0.05) is 36.4 Å². The molecule has 0 radical (unpaired) electrons. The highest BCUT2D eigenvalue weighted by Gasteiger charge is 2.29. The summed E-state index contributed by atoms with van der Waals surface area (Å²) in [5.41, 5.74) is 1.83. The number of para-hydroxylation sites is 1. The summed E-state index contributed by atoms with van der Waals surface area (Å²) in [6.45, 7) is 1.70. The Morgan fingerprint density at radius 1 is 1.00 bits per heavy atom. The molecule has 3 rings (SSSR count). The van der Waals surface area contributed by atoms with Gasteiger partial charge in [0.2, 0.25) is 0 Å². The van der Waals surface area contributed by atoms with Crippen LogP contribution in [0.25, 0.3) is 6.08 Å². The molecule has 1 heterocycles. The number of hydrogen-bond acceptors (Lipinski definition) is 5. The van der Waals surface area contributed by atoms with Gasteiger partial charge in [0, 0.05) is 0 Å². The lowest BCUT2D eigenvalue weighted by atomic mass is 10.1. The van der Waals surface area contributed by atoms with Crippen LogP contribution in [-0.4, -0.2) is 25.3 Å². The highest BCUT2D eigenvalue weighted by Crippen LogP contribution is 2.46. The largest absolute Gasteiger partial charge is 0.304 e. The Kier molecular flexibility index (Phi) is 4.25.